The number of hydrogen-bond donors (Lipinski definition) is 1. The highest BCUT2D eigenvalue weighted by atomic mass is 127. The van der Waals surface area contributed by atoms with Crippen LogP contribution in [0.15, 0.2) is 29.2 Å². The maximum Gasteiger partial charge on any atom is 0.124 e. The van der Waals surface area contributed by atoms with Gasteiger partial charge in [-0.25, -0.2) is 8.42 Å². The van der Waals surface area contributed by atoms with Crippen molar-refractivity contribution < 1.29 is 13.0 Å². The summed E-state index contributed by atoms with van der Waals surface area (Å²) in [5.41, 5.74) is 1.04. The molecule has 6 heteroatoms. The molecule has 80 valence electrons. The largest absolute Gasteiger partial charge is 0.744 e. The van der Waals surface area contributed by atoms with Crippen LogP contribution in [-0.4, -0.2) is 17.4 Å². The van der Waals surface area contributed by atoms with Gasteiger partial charge in [0.1, 0.15) is 10.1 Å². The van der Waals surface area contributed by atoms with E-state index in [2.05, 4.69) is 22.6 Å². The summed E-state index contributed by atoms with van der Waals surface area (Å²) in [6, 6.07) is 6.04. The summed E-state index contributed by atoms with van der Waals surface area (Å²) in [6.45, 7) is 0. The maximum absolute atomic E-state index is 10.5. The molecule has 0 aromatic heterocycles. The molecule has 0 amide bonds. The molecule has 0 aliphatic carbocycles. The molecule has 0 saturated heterocycles. The zero-order valence-corrected chi connectivity index (χ0v) is 10.7. The van der Waals surface area contributed by atoms with Crippen molar-refractivity contribution in [3.05, 3.63) is 29.8 Å². The highest BCUT2D eigenvalue weighted by molar-refractivity contribution is 14.1. The van der Waals surface area contributed by atoms with Crippen LogP contribution in [0, 0.1) is 0 Å². The number of alkyl halides is 1. The van der Waals surface area contributed by atoms with E-state index in [1.54, 1.807) is 12.1 Å². The molecule has 1 rings (SSSR count). The summed E-state index contributed by atoms with van der Waals surface area (Å²) >= 11 is 2.24. The fourth-order valence-electron chi connectivity index (χ4n) is 0.932. The predicted molar refractivity (Wildman–Crippen MR) is 63.0 cm³/mol. The van der Waals surface area contributed by atoms with Crippen molar-refractivity contribution >= 4 is 32.7 Å². The van der Waals surface area contributed by atoms with Gasteiger partial charge in [0.25, 0.3) is 0 Å². The molecule has 0 aliphatic rings. The normalized spacial score (nSPS) is 10.7. The lowest BCUT2D eigenvalue weighted by Gasteiger charge is -2.06. The molecule has 0 heterocycles. The monoisotopic (exact) mass is 329 g/mol. The van der Waals surface area contributed by atoms with Crippen molar-refractivity contribution in [3.63, 3.8) is 0 Å². The number of benzene rings is 1. The summed E-state index contributed by atoms with van der Waals surface area (Å²) in [6.07, 6.45) is 0.889. The van der Waals surface area contributed by atoms with Crippen LogP contribution in [0.25, 0.3) is 0 Å². The van der Waals surface area contributed by atoms with Gasteiger partial charge in [-0.05, 0) is 24.1 Å². The van der Waals surface area contributed by atoms with Gasteiger partial charge in [-0.15, -0.1) is 0 Å². The first-order chi connectivity index (χ1) is 6.04. The van der Waals surface area contributed by atoms with E-state index in [-0.39, 0.29) is 11.0 Å². The molecule has 1 aromatic rings. The van der Waals surface area contributed by atoms with Crippen molar-refractivity contribution in [2.75, 3.05) is 4.43 Å². The van der Waals surface area contributed by atoms with Crippen molar-refractivity contribution in [1.82, 2.24) is 6.15 Å². The summed E-state index contributed by atoms with van der Waals surface area (Å²) in [4.78, 5) is -0.162. The van der Waals surface area contributed by atoms with Crippen LogP contribution in [0.2, 0.25) is 0 Å². The number of aryl methyl sites for hydroxylation is 1. The average molecular weight is 329 g/mol. The van der Waals surface area contributed by atoms with E-state index in [1.165, 1.54) is 12.1 Å². The Morgan fingerprint density at radius 1 is 1.21 bits per heavy atom. The number of halogens is 1. The van der Waals surface area contributed by atoms with E-state index in [1.807, 2.05) is 0 Å². The van der Waals surface area contributed by atoms with E-state index >= 15 is 0 Å². The standard InChI is InChI=1S/C8H9IO3S.H3N/c9-6-5-7-1-3-8(4-2-7)13(10,11)12;/h1-4H,5-6H2,(H,10,11,12);1H3. The van der Waals surface area contributed by atoms with E-state index < -0.39 is 10.1 Å². The van der Waals surface area contributed by atoms with Crippen LogP contribution in [-0.2, 0) is 16.5 Å². The molecule has 1 aromatic carbocycles. The number of rotatable bonds is 3. The van der Waals surface area contributed by atoms with Crippen molar-refractivity contribution in [2.45, 2.75) is 11.3 Å². The van der Waals surface area contributed by atoms with Gasteiger partial charge in [0.2, 0.25) is 0 Å². The minimum absolute atomic E-state index is 0. The SMILES string of the molecule is O=S(=O)([O-])c1ccc(CCI)cc1.[NH4+]. The highest BCUT2D eigenvalue weighted by Crippen LogP contribution is 2.10. The van der Waals surface area contributed by atoms with Crippen LogP contribution >= 0.6 is 22.6 Å². The van der Waals surface area contributed by atoms with Gasteiger partial charge in [-0.1, -0.05) is 34.7 Å². The quantitative estimate of drug-likeness (QED) is 0.522. The molecule has 0 bridgehead atoms. The lowest BCUT2D eigenvalue weighted by molar-refractivity contribution is 0.463. The van der Waals surface area contributed by atoms with Crippen molar-refractivity contribution in [3.8, 4) is 0 Å². The van der Waals surface area contributed by atoms with Crippen LogP contribution in [0.4, 0.5) is 0 Å². The lowest BCUT2D eigenvalue weighted by Crippen LogP contribution is -1.98. The molecule has 4 N–H and O–H groups in total. The van der Waals surface area contributed by atoms with E-state index in [0.717, 1.165) is 16.4 Å². The Morgan fingerprint density at radius 3 is 2.07 bits per heavy atom. The maximum atomic E-state index is 10.5. The molecule has 0 aliphatic heterocycles. The highest BCUT2D eigenvalue weighted by Gasteiger charge is 1.99. The molecule has 0 radical (unpaired) electrons. The van der Waals surface area contributed by atoms with Crippen LogP contribution in [0.5, 0.6) is 0 Å². The minimum atomic E-state index is -4.29. The van der Waals surface area contributed by atoms with Crippen molar-refractivity contribution in [1.29, 1.82) is 0 Å². The molecule has 0 spiro atoms. The van der Waals surface area contributed by atoms with Gasteiger partial charge in [0.05, 0.1) is 4.90 Å². The first kappa shape index (κ1) is 13.8. The fraction of sp³-hybridized carbons (Fsp3) is 0.250. The third kappa shape index (κ3) is 3.91. The summed E-state index contributed by atoms with van der Waals surface area (Å²) in [7, 11) is -4.29. The van der Waals surface area contributed by atoms with Gasteiger partial charge in [-0.3, -0.25) is 0 Å². The minimum Gasteiger partial charge on any atom is -0.744 e. The second-order valence-electron chi connectivity index (χ2n) is 2.54. The average Bonchev–Trinajstić information content (AvgIpc) is 2.04. The summed E-state index contributed by atoms with van der Waals surface area (Å²) < 4.78 is 32.6. The Bertz CT molecular complexity index is 374. The van der Waals surface area contributed by atoms with Crippen molar-refractivity contribution in [2.24, 2.45) is 0 Å². The Kier molecular flexibility index (Phi) is 5.57. The third-order valence-electron chi connectivity index (χ3n) is 1.60. The molecule has 4 nitrogen and oxygen atoms in total. The van der Waals surface area contributed by atoms with Gasteiger partial charge in [-0.2, -0.15) is 0 Å². The summed E-state index contributed by atoms with van der Waals surface area (Å²) in [5, 5.41) is 0. The van der Waals surface area contributed by atoms with E-state index in [9.17, 15) is 13.0 Å². The zero-order valence-electron chi connectivity index (χ0n) is 7.73. The van der Waals surface area contributed by atoms with Gasteiger partial charge < -0.3 is 10.7 Å². The molecule has 0 unspecified atom stereocenters. The molecule has 0 saturated carbocycles. The van der Waals surface area contributed by atoms with E-state index in [4.69, 9.17) is 0 Å². The Hall–Kier alpha value is -0.180. The molecular formula is C8H12INO3S. The van der Waals surface area contributed by atoms with Gasteiger partial charge in [0.15, 0.2) is 0 Å². The first-order valence-electron chi connectivity index (χ1n) is 3.65. The Morgan fingerprint density at radius 2 is 1.71 bits per heavy atom. The lowest BCUT2D eigenvalue weighted by atomic mass is 10.2. The fourth-order valence-corrected chi connectivity index (χ4v) is 2.02. The van der Waals surface area contributed by atoms with Crippen LogP contribution in [0.1, 0.15) is 5.56 Å². The Balaban J connectivity index is 0.00000169. The second-order valence-corrected chi connectivity index (χ2v) is 5.00. The molecule has 14 heavy (non-hydrogen) atoms. The molecule has 0 fully saturated rings. The van der Waals surface area contributed by atoms with Crippen LogP contribution < -0.4 is 6.15 Å². The zero-order chi connectivity index (χ0) is 9.90. The number of quaternary nitrogens is 1. The molecular weight excluding hydrogens is 317 g/mol. The van der Waals surface area contributed by atoms with Gasteiger partial charge in [0, 0.05) is 4.43 Å². The third-order valence-corrected chi connectivity index (χ3v) is 2.98. The molecule has 0 atom stereocenters. The van der Waals surface area contributed by atoms with Crippen LogP contribution in [0.3, 0.4) is 0 Å². The Labute approximate surface area is 97.2 Å². The van der Waals surface area contributed by atoms with E-state index in [0.29, 0.717) is 0 Å². The summed E-state index contributed by atoms with van der Waals surface area (Å²) in [5.74, 6) is 0. The smallest absolute Gasteiger partial charge is 0.124 e. The number of hydrogen-bond acceptors (Lipinski definition) is 3. The second kappa shape index (κ2) is 5.64. The predicted octanol–water partition coefficient (Wildman–Crippen LogP) is 1.94. The topological polar surface area (TPSA) is 93.7 Å². The first-order valence-corrected chi connectivity index (χ1v) is 6.58. The van der Waals surface area contributed by atoms with Gasteiger partial charge >= 0.3 is 0 Å².